The molecule has 1 saturated heterocycles. The van der Waals surface area contributed by atoms with Gasteiger partial charge in [0.25, 0.3) is 0 Å². The molecule has 5 rings (SSSR count). The standard InChI is InChI=1S/C25H32N4OS/c1-25(2)29(13-14-31-25)23-16-22-20(15-21(23)26-19-11-7-4-8-12-19)27-24(30)28(22)17-18-9-5-3-6-10-18/h4,7-8,11-12,15-16,18,26H,3,5-6,9-10,13-14,17H2,1-2H3,(H,27,30). The van der Waals surface area contributed by atoms with Crippen LogP contribution in [0.3, 0.4) is 0 Å². The first-order valence-electron chi connectivity index (χ1n) is 11.5. The maximum atomic E-state index is 12.9. The summed E-state index contributed by atoms with van der Waals surface area (Å²) in [7, 11) is 0. The lowest BCUT2D eigenvalue weighted by Gasteiger charge is -2.34. The molecule has 0 unspecified atom stereocenters. The molecule has 0 bridgehead atoms. The lowest BCUT2D eigenvalue weighted by Crippen LogP contribution is -2.36. The highest BCUT2D eigenvalue weighted by atomic mass is 32.2. The van der Waals surface area contributed by atoms with Crippen molar-refractivity contribution in [2.75, 3.05) is 22.5 Å². The van der Waals surface area contributed by atoms with Crippen LogP contribution in [0.1, 0.15) is 46.0 Å². The highest BCUT2D eigenvalue weighted by Crippen LogP contribution is 2.43. The second-order valence-corrected chi connectivity index (χ2v) is 11.1. The normalized spacial score (nSPS) is 19.2. The Labute approximate surface area is 188 Å². The Hall–Kier alpha value is -2.34. The number of thioether (sulfide) groups is 1. The van der Waals surface area contributed by atoms with Gasteiger partial charge in [-0.1, -0.05) is 37.5 Å². The van der Waals surface area contributed by atoms with Crippen molar-refractivity contribution in [3.8, 4) is 0 Å². The van der Waals surface area contributed by atoms with Gasteiger partial charge in [0.1, 0.15) is 0 Å². The number of nitrogens with one attached hydrogen (secondary N) is 2. The van der Waals surface area contributed by atoms with Crippen LogP contribution in [0.25, 0.3) is 11.0 Å². The van der Waals surface area contributed by atoms with E-state index in [1.807, 2.05) is 34.5 Å². The van der Waals surface area contributed by atoms with Gasteiger partial charge in [-0.2, -0.15) is 0 Å². The van der Waals surface area contributed by atoms with Crippen molar-refractivity contribution in [3.05, 3.63) is 52.9 Å². The van der Waals surface area contributed by atoms with E-state index in [1.165, 1.54) is 37.8 Å². The van der Waals surface area contributed by atoms with E-state index in [0.717, 1.165) is 41.3 Å². The lowest BCUT2D eigenvalue weighted by molar-refractivity contribution is 0.319. The van der Waals surface area contributed by atoms with Crippen molar-refractivity contribution in [1.82, 2.24) is 9.55 Å². The number of fused-ring (bicyclic) bond motifs is 1. The van der Waals surface area contributed by atoms with Crippen LogP contribution < -0.4 is 15.9 Å². The number of hydrogen-bond donors (Lipinski definition) is 2. The molecule has 2 aromatic carbocycles. The van der Waals surface area contributed by atoms with E-state index < -0.39 is 0 Å². The van der Waals surface area contributed by atoms with Crippen LogP contribution in [0, 0.1) is 5.92 Å². The summed E-state index contributed by atoms with van der Waals surface area (Å²) >= 11 is 1.98. The number of anilines is 3. The van der Waals surface area contributed by atoms with Gasteiger partial charge in [0.2, 0.25) is 0 Å². The Morgan fingerprint density at radius 1 is 1.13 bits per heavy atom. The van der Waals surface area contributed by atoms with Crippen molar-refractivity contribution in [3.63, 3.8) is 0 Å². The SMILES string of the molecule is CC1(C)SCCN1c1cc2c(cc1Nc1ccccc1)[nH]c(=O)n2CC1CCCCC1. The third kappa shape index (κ3) is 4.10. The van der Waals surface area contributed by atoms with Crippen LogP contribution >= 0.6 is 11.8 Å². The Kier molecular flexibility index (Phi) is 5.51. The predicted molar refractivity (Wildman–Crippen MR) is 133 cm³/mol. The molecule has 2 heterocycles. The number of imidazole rings is 1. The zero-order valence-corrected chi connectivity index (χ0v) is 19.3. The molecule has 0 radical (unpaired) electrons. The first-order chi connectivity index (χ1) is 15.0. The molecule has 0 amide bonds. The van der Waals surface area contributed by atoms with Crippen molar-refractivity contribution >= 4 is 39.9 Å². The van der Waals surface area contributed by atoms with E-state index in [1.54, 1.807) is 0 Å². The first kappa shape index (κ1) is 20.6. The van der Waals surface area contributed by atoms with Crippen molar-refractivity contribution < 1.29 is 0 Å². The van der Waals surface area contributed by atoms with Crippen LogP contribution in [0.4, 0.5) is 17.1 Å². The lowest BCUT2D eigenvalue weighted by atomic mass is 9.89. The van der Waals surface area contributed by atoms with Gasteiger partial charge >= 0.3 is 5.69 Å². The quantitative estimate of drug-likeness (QED) is 0.519. The van der Waals surface area contributed by atoms with E-state index in [-0.39, 0.29) is 10.6 Å². The molecule has 0 atom stereocenters. The van der Waals surface area contributed by atoms with E-state index in [2.05, 4.69) is 53.3 Å². The average molecular weight is 437 g/mol. The monoisotopic (exact) mass is 436 g/mol. The van der Waals surface area contributed by atoms with Crippen LogP contribution in [0.5, 0.6) is 0 Å². The van der Waals surface area contributed by atoms with Gasteiger partial charge in [-0.3, -0.25) is 4.57 Å². The van der Waals surface area contributed by atoms with Gasteiger partial charge in [-0.05, 0) is 56.9 Å². The summed E-state index contributed by atoms with van der Waals surface area (Å²) in [5, 5.41) is 3.61. The van der Waals surface area contributed by atoms with Crippen LogP contribution in [0.15, 0.2) is 47.3 Å². The molecule has 1 aliphatic carbocycles. The fraction of sp³-hybridized carbons (Fsp3) is 0.480. The first-order valence-corrected chi connectivity index (χ1v) is 12.5. The molecule has 2 N–H and O–H groups in total. The van der Waals surface area contributed by atoms with Crippen molar-refractivity contribution in [2.45, 2.75) is 57.4 Å². The fourth-order valence-corrected chi connectivity index (χ4v) is 6.27. The maximum Gasteiger partial charge on any atom is 0.326 e. The smallest absolute Gasteiger partial charge is 0.326 e. The van der Waals surface area contributed by atoms with Gasteiger partial charge in [-0.15, -0.1) is 11.8 Å². The number of rotatable bonds is 5. The molecule has 6 heteroatoms. The molecule has 1 aliphatic heterocycles. The largest absolute Gasteiger partial charge is 0.355 e. The second kappa shape index (κ2) is 8.30. The van der Waals surface area contributed by atoms with E-state index in [0.29, 0.717) is 5.92 Å². The Bertz CT molecular complexity index is 1110. The molecular formula is C25H32N4OS. The molecule has 1 aromatic heterocycles. The second-order valence-electron chi connectivity index (χ2n) is 9.37. The highest BCUT2D eigenvalue weighted by Gasteiger charge is 2.34. The molecule has 31 heavy (non-hydrogen) atoms. The molecule has 2 fully saturated rings. The molecule has 5 nitrogen and oxygen atoms in total. The van der Waals surface area contributed by atoms with Gasteiger partial charge in [0, 0.05) is 24.5 Å². The zero-order valence-electron chi connectivity index (χ0n) is 18.5. The summed E-state index contributed by atoms with van der Waals surface area (Å²) in [5.74, 6) is 1.72. The Morgan fingerprint density at radius 2 is 1.90 bits per heavy atom. The average Bonchev–Trinajstić information content (AvgIpc) is 3.27. The molecular weight excluding hydrogens is 404 g/mol. The van der Waals surface area contributed by atoms with Gasteiger partial charge in [0.15, 0.2) is 0 Å². The van der Waals surface area contributed by atoms with E-state index >= 15 is 0 Å². The van der Waals surface area contributed by atoms with Crippen LogP contribution in [-0.4, -0.2) is 26.7 Å². The van der Waals surface area contributed by atoms with Gasteiger partial charge in [0.05, 0.1) is 27.3 Å². The summed E-state index contributed by atoms with van der Waals surface area (Å²) in [4.78, 5) is 18.5. The predicted octanol–water partition coefficient (Wildman–Crippen LogP) is 5.94. The summed E-state index contributed by atoms with van der Waals surface area (Å²) in [5.41, 5.74) is 5.21. The Morgan fingerprint density at radius 3 is 2.61 bits per heavy atom. The third-order valence-corrected chi connectivity index (χ3v) is 8.13. The summed E-state index contributed by atoms with van der Waals surface area (Å²) in [6.07, 6.45) is 6.37. The molecule has 1 saturated carbocycles. The van der Waals surface area contributed by atoms with Gasteiger partial charge in [-0.25, -0.2) is 4.79 Å². The van der Waals surface area contributed by atoms with E-state index in [9.17, 15) is 4.79 Å². The molecule has 3 aromatic rings. The number of hydrogen-bond acceptors (Lipinski definition) is 4. The maximum absolute atomic E-state index is 12.9. The molecule has 0 spiro atoms. The van der Waals surface area contributed by atoms with Crippen LogP contribution in [0.2, 0.25) is 0 Å². The Balaban J connectivity index is 1.60. The number of nitrogens with zero attached hydrogens (tertiary/aromatic N) is 2. The zero-order chi connectivity index (χ0) is 21.4. The number of aromatic nitrogens is 2. The minimum absolute atomic E-state index is 0.0124. The minimum atomic E-state index is 0.0124. The van der Waals surface area contributed by atoms with Gasteiger partial charge < -0.3 is 15.2 Å². The number of benzene rings is 2. The molecule has 2 aliphatic rings. The number of aromatic amines is 1. The summed E-state index contributed by atoms with van der Waals surface area (Å²) < 4.78 is 1.98. The summed E-state index contributed by atoms with van der Waals surface area (Å²) in [6, 6.07) is 14.6. The fourth-order valence-electron chi connectivity index (χ4n) is 5.15. The number of H-pyrrole nitrogens is 1. The number of para-hydroxylation sites is 1. The third-order valence-electron chi connectivity index (χ3n) is 6.82. The summed E-state index contributed by atoms with van der Waals surface area (Å²) in [6.45, 7) is 6.40. The topological polar surface area (TPSA) is 53.1 Å². The molecule has 164 valence electrons. The van der Waals surface area contributed by atoms with Crippen LogP contribution in [-0.2, 0) is 6.54 Å². The van der Waals surface area contributed by atoms with E-state index in [4.69, 9.17) is 0 Å². The van der Waals surface area contributed by atoms with Crippen molar-refractivity contribution in [1.29, 1.82) is 0 Å². The highest BCUT2D eigenvalue weighted by molar-refractivity contribution is 8.01. The minimum Gasteiger partial charge on any atom is -0.355 e. The van der Waals surface area contributed by atoms with Crippen molar-refractivity contribution in [2.24, 2.45) is 5.92 Å².